The van der Waals surface area contributed by atoms with Gasteiger partial charge in [-0.05, 0) is 28.8 Å². The molecule has 21 heavy (non-hydrogen) atoms. The van der Waals surface area contributed by atoms with Crippen LogP contribution in [0.2, 0.25) is 0 Å². The van der Waals surface area contributed by atoms with Crippen molar-refractivity contribution in [1.29, 1.82) is 0 Å². The predicted molar refractivity (Wildman–Crippen MR) is 85.6 cm³/mol. The van der Waals surface area contributed by atoms with E-state index in [1.807, 2.05) is 72.8 Å². The third kappa shape index (κ3) is 2.77. The van der Waals surface area contributed by atoms with Gasteiger partial charge in [-0.15, -0.1) is 0 Å². The Morgan fingerprint density at radius 2 is 1.52 bits per heavy atom. The average Bonchev–Trinajstić information content (AvgIpc) is 2.56. The van der Waals surface area contributed by atoms with Crippen LogP contribution in [0.1, 0.15) is 11.1 Å². The summed E-state index contributed by atoms with van der Waals surface area (Å²) >= 11 is 0. The number of nitrogens with zero attached hydrogens (tertiary/aromatic N) is 1. The number of benzene rings is 3. The predicted octanol–water partition coefficient (Wildman–Crippen LogP) is 4.07. The Labute approximate surface area is 123 Å². The summed E-state index contributed by atoms with van der Waals surface area (Å²) in [6.45, 7) is 0. The van der Waals surface area contributed by atoms with Crippen molar-refractivity contribution in [3.05, 3.63) is 83.9 Å². The summed E-state index contributed by atoms with van der Waals surface area (Å²) in [6, 6.07) is 23.5. The van der Waals surface area contributed by atoms with E-state index in [-0.39, 0.29) is 0 Å². The van der Waals surface area contributed by atoms with Gasteiger partial charge in [-0.1, -0.05) is 71.7 Å². The Morgan fingerprint density at radius 1 is 0.810 bits per heavy atom. The van der Waals surface area contributed by atoms with Crippen LogP contribution in [0.3, 0.4) is 0 Å². The second-order valence-electron chi connectivity index (χ2n) is 4.59. The molecule has 2 nitrogen and oxygen atoms in total. The zero-order valence-corrected chi connectivity index (χ0v) is 11.3. The monoisotopic (exact) mass is 271 g/mol. The maximum atomic E-state index is 9.30. The molecule has 0 aliphatic heterocycles. The fourth-order valence-corrected chi connectivity index (χ4v) is 2.23. The summed E-state index contributed by atoms with van der Waals surface area (Å²) < 4.78 is 0. The number of oxime groups is 1. The minimum absolute atomic E-state index is 0.371. The number of hydrogen-bond donors (Lipinski definition) is 1. The Balaban J connectivity index is 2.07. The Morgan fingerprint density at radius 3 is 2.33 bits per heavy atom. The topological polar surface area (TPSA) is 32.6 Å². The lowest BCUT2D eigenvalue weighted by atomic mass is 10.0. The summed E-state index contributed by atoms with van der Waals surface area (Å²) in [5.41, 5.74) is 2.09. The highest BCUT2D eigenvalue weighted by atomic mass is 16.4. The van der Waals surface area contributed by atoms with Gasteiger partial charge in [0.05, 0.1) is 0 Å². The van der Waals surface area contributed by atoms with Crippen LogP contribution in [-0.4, -0.2) is 10.9 Å². The molecule has 0 bridgehead atoms. The van der Waals surface area contributed by atoms with Crippen molar-refractivity contribution in [2.75, 3.05) is 0 Å². The third-order valence-electron chi connectivity index (χ3n) is 3.24. The molecule has 0 fully saturated rings. The van der Waals surface area contributed by atoms with E-state index in [4.69, 9.17) is 0 Å². The number of hydrogen-bond acceptors (Lipinski definition) is 2. The molecular weight excluding hydrogens is 258 g/mol. The number of rotatable bonds is 1. The second kappa shape index (κ2) is 5.94. The molecule has 0 amide bonds. The van der Waals surface area contributed by atoms with Gasteiger partial charge in [-0.2, -0.15) is 0 Å². The van der Waals surface area contributed by atoms with Crippen LogP contribution in [0.25, 0.3) is 10.8 Å². The van der Waals surface area contributed by atoms with Gasteiger partial charge < -0.3 is 5.21 Å². The molecule has 0 unspecified atom stereocenters. The van der Waals surface area contributed by atoms with Crippen molar-refractivity contribution >= 4 is 16.5 Å². The highest BCUT2D eigenvalue weighted by Gasteiger charge is 2.05. The smallest absolute Gasteiger partial charge is 0.160 e. The zero-order valence-electron chi connectivity index (χ0n) is 11.3. The third-order valence-corrected chi connectivity index (χ3v) is 3.24. The van der Waals surface area contributed by atoms with E-state index in [1.54, 1.807) is 0 Å². The van der Waals surface area contributed by atoms with Crippen molar-refractivity contribution in [3.63, 3.8) is 0 Å². The Kier molecular flexibility index (Phi) is 3.66. The second-order valence-corrected chi connectivity index (χ2v) is 4.59. The van der Waals surface area contributed by atoms with Crippen molar-refractivity contribution in [3.8, 4) is 11.8 Å². The molecule has 0 radical (unpaired) electrons. The molecule has 3 rings (SSSR count). The van der Waals surface area contributed by atoms with Gasteiger partial charge in [-0.25, -0.2) is 0 Å². The van der Waals surface area contributed by atoms with Crippen LogP contribution in [-0.2, 0) is 0 Å². The van der Waals surface area contributed by atoms with Crippen molar-refractivity contribution in [2.24, 2.45) is 5.16 Å². The Hall–Kier alpha value is -3.05. The SMILES string of the molecule is ON=C(C#Cc1ccccc1)c1cccc2ccccc12. The summed E-state index contributed by atoms with van der Waals surface area (Å²) in [6.07, 6.45) is 0. The van der Waals surface area contributed by atoms with Crippen molar-refractivity contribution in [2.45, 2.75) is 0 Å². The summed E-state index contributed by atoms with van der Waals surface area (Å²) in [4.78, 5) is 0. The zero-order chi connectivity index (χ0) is 14.5. The van der Waals surface area contributed by atoms with E-state index in [0.717, 1.165) is 21.9 Å². The maximum Gasteiger partial charge on any atom is 0.160 e. The first-order chi connectivity index (χ1) is 10.4. The largest absolute Gasteiger partial charge is 0.410 e. The first-order valence-electron chi connectivity index (χ1n) is 6.66. The molecular formula is C19H13NO. The van der Waals surface area contributed by atoms with E-state index in [0.29, 0.717) is 5.71 Å². The van der Waals surface area contributed by atoms with Gasteiger partial charge >= 0.3 is 0 Å². The lowest BCUT2D eigenvalue weighted by Crippen LogP contribution is -1.98. The van der Waals surface area contributed by atoms with Crippen LogP contribution in [0.5, 0.6) is 0 Å². The molecule has 1 N–H and O–H groups in total. The minimum atomic E-state index is 0.371. The molecule has 3 aromatic rings. The molecule has 0 aromatic heterocycles. The molecule has 0 spiro atoms. The molecule has 0 aliphatic rings. The van der Waals surface area contributed by atoms with Gasteiger partial charge in [0, 0.05) is 11.1 Å². The van der Waals surface area contributed by atoms with Crippen molar-refractivity contribution < 1.29 is 5.21 Å². The Bertz CT molecular complexity index is 849. The normalized spacial score (nSPS) is 11.0. The first-order valence-corrected chi connectivity index (χ1v) is 6.66. The van der Waals surface area contributed by atoms with Gasteiger partial charge in [-0.3, -0.25) is 0 Å². The fraction of sp³-hybridized carbons (Fsp3) is 0. The first kappa shape index (κ1) is 13.0. The fourth-order valence-electron chi connectivity index (χ4n) is 2.23. The van der Waals surface area contributed by atoms with Crippen LogP contribution in [0.4, 0.5) is 0 Å². The summed E-state index contributed by atoms with van der Waals surface area (Å²) in [7, 11) is 0. The standard InChI is InChI=1S/C19H13NO/c21-20-19(14-13-15-7-2-1-3-8-15)18-12-6-10-16-9-4-5-11-17(16)18/h1-12,21H. The van der Waals surface area contributed by atoms with E-state index in [1.165, 1.54) is 0 Å². The maximum absolute atomic E-state index is 9.30. The lowest BCUT2D eigenvalue weighted by molar-refractivity contribution is 0.320. The van der Waals surface area contributed by atoms with Crippen molar-refractivity contribution in [1.82, 2.24) is 0 Å². The van der Waals surface area contributed by atoms with Gasteiger partial charge in [0.25, 0.3) is 0 Å². The molecule has 0 heterocycles. The molecule has 3 aromatic carbocycles. The molecule has 0 saturated heterocycles. The minimum Gasteiger partial charge on any atom is -0.410 e. The van der Waals surface area contributed by atoms with Crippen LogP contribution >= 0.6 is 0 Å². The average molecular weight is 271 g/mol. The molecule has 0 saturated carbocycles. The van der Waals surface area contributed by atoms with Gasteiger partial charge in [0.2, 0.25) is 0 Å². The van der Waals surface area contributed by atoms with E-state index < -0.39 is 0 Å². The molecule has 2 heteroatoms. The molecule has 100 valence electrons. The highest BCUT2D eigenvalue weighted by Crippen LogP contribution is 2.19. The lowest BCUT2D eigenvalue weighted by Gasteiger charge is -2.03. The van der Waals surface area contributed by atoms with Crippen LogP contribution < -0.4 is 0 Å². The van der Waals surface area contributed by atoms with Crippen LogP contribution in [0, 0.1) is 11.8 Å². The summed E-state index contributed by atoms with van der Waals surface area (Å²) in [5, 5.41) is 14.8. The van der Waals surface area contributed by atoms with E-state index in [2.05, 4.69) is 17.0 Å². The molecule has 0 aliphatic carbocycles. The van der Waals surface area contributed by atoms with Gasteiger partial charge in [0.15, 0.2) is 5.71 Å². The van der Waals surface area contributed by atoms with E-state index >= 15 is 0 Å². The highest BCUT2D eigenvalue weighted by molar-refractivity contribution is 6.19. The van der Waals surface area contributed by atoms with E-state index in [9.17, 15) is 5.21 Å². The summed E-state index contributed by atoms with van der Waals surface area (Å²) in [5.74, 6) is 5.96. The van der Waals surface area contributed by atoms with Gasteiger partial charge in [0.1, 0.15) is 0 Å². The quantitative estimate of drug-likeness (QED) is 0.308. The van der Waals surface area contributed by atoms with Crippen LogP contribution in [0.15, 0.2) is 78.0 Å². The number of fused-ring (bicyclic) bond motifs is 1. The molecule has 0 atom stereocenters.